The lowest BCUT2D eigenvalue weighted by Crippen LogP contribution is -2.15. The number of benzene rings is 1. The summed E-state index contributed by atoms with van der Waals surface area (Å²) in [7, 11) is -0.743. The van der Waals surface area contributed by atoms with Crippen LogP contribution in [0.4, 0.5) is 5.82 Å². The molecule has 0 amide bonds. The van der Waals surface area contributed by atoms with Crippen molar-refractivity contribution in [3.05, 3.63) is 42.1 Å². The van der Waals surface area contributed by atoms with Crippen molar-refractivity contribution < 1.29 is 17.9 Å². The molecule has 0 atom stereocenters. The van der Waals surface area contributed by atoms with Crippen LogP contribution in [0.1, 0.15) is 5.56 Å². The molecule has 2 aromatic rings. The van der Waals surface area contributed by atoms with Gasteiger partial charge in [-0.15, -0.1) is 0 Å². The van der Waals surface area contributed by atoms with Crippen molar-refractivity contribution in [1.29, 1.82) is 0 Å². The minimum absolute atomic E-state index is 0.103. The van der Waals surface area contributed by atoms with Crippen molar-refractivity contribution in [1.82, 2.24) is 9.78 Å². The number of rotatable bonds is 5. The van der Waals surface area contributed by atoms with Crippen LogP contribution in [0.5, 0.6) is 0 Å². The first kappa shape index (κ1) is 15.0. The summed E-state index contributed by atoms with van der Waals surface area (Å²) in [4.78, 5) is 11.3. The number of anilines is 1. The predicted molar refractivity (Wildman–Crippen MR) is 76.2 cm³/mol. The van der Waals surface area contributed by atoms with E-state index in [4.69, 9.17) is 0 Å². The van der Waals surface area contributed by atoms with E-state index >= 15 is 0 Å². The van der Waals surface area contributed by atoms with Crippen LogP contribution < -0.4 is 4.72 Å². The van der Waals surface area contributed by atoms with Gasteiger partial charge in [-0.05, 0) is 17.7 Å². The van der Waals surface area contributed by atoms with Gasteiger partial charge in [0.15, 0.2) is 0 Å². The van der Waals surface area contributed by atoms with E-state index in [9.17, 15) is 13.2 Å². The summed E-state index contributed by atoms with van der Waals surface area (Å²) in [6.07, 6.45) is 1.60. The molecule has 7 nitrogen and oxygen atoms in total. The van der Waals surface area contributed by atoms with Gasteiger partial charge >= 0.3 is 5.97 Å². The molecule has 0 saturated heterocycles. The zero-order chi connectivity index (χ0) is 15.5. The molecule has 0 radical (unpaired) electrons. The number of sulfonamides is 1. The average molecular weight is 309 g/mol. The van der Waals surface area contributed by atoms with Crippen molar-refractivity contribution in [3.8, 4) is 0 Å². The normalized spacial score (nSPS) is 11.1. The van der Waals surface area contributed by atoms with E-state index in [0.29, 0.717) is 11.4 Å². The zero-order valence-corrected chi connectivity index (χ0v) is 12.4. The van der Waals surface area contributed by atoms with Gasteiger partial charge in [-0.25, -0.2) is 8.42 Å². The summed E-state index contributed by atoms with van der Waals surface area (Å²) in [5, 5.41) is 3.89. The maximum absolute atomic E-state index is 12.2. The number of hydrogen-bond donors (Lipinski definition) is 1. The van der Waals surface area contributed by atoms with Crippen LogP contribution >= 0.6 is 0 Å². The highest BCUT2D eigenvalue weighted by atomic mass is 32.2. The number of hydrogen-bond acceptors (Lipinski definition) is 5. The van der Waals surface area contributed by atoms with Crippen LogP contribution in [0, 0.1) is 0 Å². The summed E-state index contributed by atoms with van der Waals surface area (Å²) in [5.41, 5.74) is 0.682. The van der Waals surface area contributed by atoms with Crippen molar-refractivity contribution in [2.24, 2.45) is 7.05 Å². The Labute approximate surface area is 122 Å². The minimum Gasteiger partial charge on any atom is -0.469 e. The molecule has 0 aliphatic heterocycles. The monoisotopic (exact) mass is 309 g/mol. The SMILES string of the molecule is COC(=O)Cc1ccc(S(=O)(=O)Nc2ccnn2C)cc1. The second kappa shape index (κ2) is 5.96. The maximum Gasteiger partial charge on any atom is 0.309 e. The second-order valence-corrected chi connectivity index (χ2v) is 6.02. The van der Waals surface area contributed by atoms with Gasteiger partial charge in [-0.2, -0.15) is 5.10 Å². The molecule has 0 saturated carbocycles. The third-order valence-electron chi connectivity index (χ3n) is 2.87. The summed E-state index contributed by atoms with van der Waals surface area (Å²) in [5.74, 6) is -0.00717. The van der Waals surface area contributed by atoms with E-state index in [-0.39, 0.29) is 17.3 Å². The lowest BCUT2D eigenvalue weighted by molar-refractivity contribution is -0.139. The Morgan fingerprint density at radius 1 is 1.29 bits per heavy atom. The largest absolute Gasteiger partial charge is 0.469 e. The van der Waals surface area contributed by atoms with Gasteiger partial charge in [0.2, 0.25) is 0 Å². The van der Waals surface area contributed by atoms with E-state index in [2.05, 4.69) is 14.6 Å². The third kappa shape index (κ3) is 3.60. The Bertz CT molecular complexity index is 735. The van der Waals surface area contributed by atoms with Crippen molar-refractivity contribution >= 4 is 21.8 Å². The van der Waals surface area contributed by atoms with Gasteiger partial charge in [0.1, 0.15) is 5.82 Å². The standard InChI is InChI=1S/C13H15N3O4S/c1-16-12(7-8-14-16)15-21(18,19)11-5-3-10(4-6-11)9-13(17)20-2/h3-8,15H,9H2,1-2H3. The van der Waals surface area contributed by atoms with Crippen LogP contribution in [-0.2, 0) is 33.0 Å². The topological polar surface area (TPSA) is 90.3 Å². The number of esters is 1. The van der Waals surface area contributed by atoms with Gasteiger partial charge in [0.05, 0.1) is 24.6 Å². The molecule has 0 aliphatic rings. The molecule has 0 aliphatic carbocycles. The molecule has 1 heterocycles. The fraction of sp³-hybridized carbons (Fsp3) is 0.231. The van der Waals surface area contributed by atoms with E-state index in [1.54, 1.807) is 25.2 Å². The van der Waals surface area contributed by atoms with E-state index in [1.165, 1.54) is 30.1 Å². The molecular weight excluding hydrogens is 294 g/mol. The van der Waals surface area contributed by atoms with Gasteiger partial charge in [-0.1, -0.05) is 12.1 Å². The molecule has 1 aromatic heterocycles. The highest BCUT2D eigenvalue weighted by Gasteiger charge is 2.16. The molecular formula is C13H15N3O4S. The van der Waals surface area contributed by atoms with E-state index < -0.39 is 10.0 Å². The molecule has 0 bridgehead atoms. The Morgan fingerprint density at radius 2 is 1.95 bits per heavy atom. The molecule has 0 spiro atoms. The third-order valence-corrected chi connectivity index (χ3v) is 4.24. The summed E-state index contributed by atoms with van der Waals surface area (Å²) in [6.45, 7) is 0. The molecule has 21 heavy (non-hydrogen) atoms. The number of carbonyl (C=O) groups excluding carboxylic acids is 1. The maximum atomic E-state index is 12.2. The van der Waals surface area contributed by atoms with Crippen molar-refractivity contribution in [3.63, 3.8) is 0 Å². The number of aryl methyl sites for hydroxylation is 1. The van der Waals surface area contributed by atoms with Gasteiger partial charge in [0.25, 0.3) is 10.0 Å². The Kier molecular flexibility index (Phi) is 4.27. The Hall–Kier alpha value is -2.35. The zero-order valence-electron chi connectivity index (χ0n) is 11.6. The van der Waals surface area contributed by atoms with Gasteiger partial charge in [0, 0.05) is 13.1 Å². The van der Waals surface area contributed by atoms with Crippen molar-refractivity contribution in [2.75, 3.05) is 11.8 Å². The van der Waals surface area contributed by atoms with Crippen LogP contribution in [-0.4, -0.2) is 31.3 Å². The summed E-state index contributed by atoms with van der Waals surface area (Å²) < 4.78 is 32.8. The lowest BCUT2D eigenvalue weighted by Gasteiger charge is -2.08. The number of aromatic nitrogens is 2. The van der Waals surface area contributed by atoms with E-state index in [0.717, 1.165) is 0 Å². The highest BCUT2D eigenvalue weighted by Crippen LogP contribution is 2.16. The first-order valence-corrected chi connectivity index (χ1v) is 7.57. The van der Waals surface area contributed by atoms with Gasteiger partial charge < -0.3 is 4.74 Å². The van der Waals surface area contributed by atoms with E-state index in [1.807, 2.05) is 0 Å². The van der Waals surface area contributed by atoms with Crippen LogP contribution in [0.2, 0.25) is 0 Å². The van der Waals surface area contributed by atoms with Gasteiger partial charge in [-0.3, -0.25) is 14.2 Å². The number of carbonyl (C=O) groups is 1. The first-order valence-electron chi connectivity index (χ1n) is 6.09. The van der Waals surface area contributed by atoms with Crippen LogP contribution in [0.15, 0.2) is 41.4 Å². The molecule has 112 valence electrons. The minimum atomic E-state index is -3.68. The fourth-order valence-electron chi connectivity index (χ4n) is 1.70. The number of ether oxygens (including phenoxy) is 1. The molecule has 2 rings (SSSR count). The number of nitrogens with one attached hydrogen (secondary N) is 1. The highest BCUT2D eigenvalue weighted by molar-refractivity contribution is 7.92. The van der Waals surface area contributed by atoms with Crippen LogP contribution in [0.25, 0.3) is 0 Å². The lowest BCUT2D eigenvalue weighted by atomic mass is 10.2. The van der Waals surface area contributed by atoms with Crippen LogP contribution in [0.3, 0.4) is 0 Å². The molecule has 0 unspecified atom stereocenters. The molecule has 1 aromatic carbocycles. The fourth-order valence-corrected chi connectivity index (χ4v) is 2.78. The van der Waals surface area contributed by atoms with Crippen molar-refractivity contribution in [2.45, 2.75) is 11.3 Å². The molecule has 1 N–H and O–H groups in total. The molecule has 0 fully saturated rings. The smallest absolute Gasteiger partial charge is 0.309 e. The molecule has 8 heteroatoms. The number of nitrogens with zero attached hydrogens (tertiary/aromatic N) is 2. The number of methoxy groups -OCH3 is 1. The summed E-state index contributed by atoms with van der Waals surface area (Å²) in [6, 6.07) is 7.60. The predicted octanol–water partition coefficient (Wildman–Crippen LogP) is 0.936. The first-order chi connectivity index (χ1) is 9.92. The Balaban J connectivity index is 2.17. The summed E-state index contributed by atoms with van der Waals surface area (Å²) >= 11 is 0. The second-order valence-electron chi connectivity index (χ2n) is 4.34. The quantitative estimate of drug-likeness (QED) is 0.830. The Morgan fingerprint density at radius 3 is 2.48 bits per heavy atom. The average Bonchev–Trinajstić information content (AvgIpc) is 2.84.